The van der Waals surface area contributed by atoms with Crippen molar-refractivity contribution < 1.29 is 4.42 Å². The summed E-state index contributed by atoms with van der Waals surface area (Å²) in [6, 6.07) is 18.1. The van der Waals surface area contributed by atoms with Crippen LogP contribution in [0.3, 0.4) is 0 Å². The average Bonchev–Trinajstić information content (AvgIpc) is 3.13. The molecule has 0 saturated heterocycles. The van der Waals surface area contributed by atoms with Gasteiger partial charge in [0.2, 0.25) is 0 Å². The molecule has 103 valence electrons. The van der Waals surface area contributed by atoms with Crippen LogP contribution >= 0.6 is 0 Å². The van der Waals surface area contributed by atoms with E-state index in [0.717, 1.165) is 24.1 Å². The first kappa shape index (κ1) is 12.2. The largest absolute Gasteiger partial charge is 0.432 e. The number of anilines is 1. The fourth-order valence-electron chi connectivity index (χ4n) is 3.26. The predicted molar refractivity (Wildman–Crippen MR) is 81.8 cm³/mol. The lowest BCUT2D eigenvalue weighted by Gasteiger charge is -2.15. The third kappa shape index (κ3) is 2.02. The normalized spacial score (nSPS) is 16.9. The van der Waals surface area contributed by atoms with Crippen LogP contribution in [0, 0.1) is 6.07 Å². The van der Waals surface area contributed by atoms with E-state index in [9.17, 15) is 0 Å². The number of aromatic nitrogens is 1. The van der Waals surface area contributed by atoms with Gasteiger partial charge in [0, 0.05) is 11.5 Å². The van der Waals surface area contributed by atoms with Gasteiger partial charge in [-0.3, -0.25) is 0 Å². The van der Waals surface area contributed by atoms with Crippen molar-refractivity contribution in [2.75, 3.05) is 5.73 Å². The molecule has 1 radical (unpaired) electrons. The maximum absolute atomic E-state index is 5.61. The molecule has 3 nitrogen and oxygen atoms in total. The van der Waals surface area contributed by atoms with Crippen LogP contribution in [0.15, 0.2) is 53.1 Å². The van der Waals surface area contributed by atoms with Crippen molar-refractivity contribution in [3.8, 4) is 11.3 Å². The second kappa shape index (κ2) is 4.77. The van der Waals surface area contributed by atoms with Gasteiger partial charge in [-0.1, -0.05) is 36.4 Å². The molecular weight excluding hydrogens is 260 g/mol. The number of hydrogen-bond donors (Lipinski definition) is 1. The van der Waals surface area contributed by atoms with Crippen LogP contribution in [0.5, 0.6) is 0 Å². The van der Waals surface area contributed by atoms with Crippen molar-refractivity contribution in [1.82, 2.24) is 4.98 Å². The van der Waals surface area contributed by atoms with Crippen LogP contribution < -0.4 is 5.73 Å². The third-order valence-corrected chi connectivity index (χ3v) is 4.20. The van der Waals surface area contributed by atoms with Gasteiger partial charge in [-0.25, -0.2) is 0 Å². The summed E-state index contributed by atoms with van der Waals surface area (Å²) in [5.41, 5.74) is 11.6. The second-order valence-electron chi connectivity index (χ2n) is 5.37. The number of nitrogen functional groups attached to an aromatic ring is 1. The standard InChI is InChI=1S/C18H15N2O/c19-18-20-17(11-21-18)16-8-4-3-7-14(16)15-10-9-12-5-1-2-6-13(12)15/h1-3,5-8,11,15H,9-10H2,(H2,19,20). The number of rotatable bonds is 2. The molecule has 2 aromatic carbocycles. The zero-order valence-electron chi connectivity index (χ0n) is 11.5. The Morgan fingerprint density at radius 1 is 1.19 bits per heavy atom. The zero-order chi connectivity index (χ0) is 14.2. The molecule has 0 aliphatic heterocycles. The highest BCUT2D eigenvalue weighted by Crippen LogP contribution is 2.41. The number of benzene rings is 2. The quantitative estimate of drug-likeness (QED) is 0.774. The van der Waals surface area contributed by atoms with Crippen molar-refractivity contribution >= 4 is 6.01 Å². The Labute approximate surface area is 123 Å². The molecule has 2 N–H and O–H groups in total. The third-order valence-electron chi connectivity index (χ3n) is 4.20. The second-order valence-corrected chi connectivity index (χ2v) is 5.37. The Hall–Kier alpha value is -2.55. The van der Waals surface area contributed by atoms with E-state index in [0.29, 0.717) is 5.92 Å². The van der Waals surface area contributed by atoms with E-state index in [2.05, 4.69) is 41.4 Å². The number of fused-ring (bicyclic) bond motifs is 1. The fraction of sp³-hybridized carbons (Fsp3) is 0.167. The maximum Gasteiger partial charge on any atom is 0.292 e. The molecule has 0 saturated carbocycles. The van der Waals surface area contributed by atoms with Gasteiger partial charge in [0.25, 0.3) is 6.01 Å². The molecule has 0 spiro atoms. The molecule has 1 atom stereocenters. The summed E-state index contributed by atoms with van der Waals surface area (Å²) in [4.78, 5) is 4.26. The van der Waals surface area contributed by atoms with Crippen LogP contribution in [-0.2, 0) is 6.42 Å². The minimum atomic E-state index is 0.201. The molecule has 1 aromatic heterocycles. The first-order valence-electron chi connectivity index (χ1n) is 7.12. The van der Waals surface area contributed by atoms with Crippen LogP contribution in [0.2, 0.25) is 0 Å². The SMILES string of the molecule is Nc1nc(-c2c[c]ccc2C2CCc3ccccc32)co1. The van der Waals surface area contributed by atoms with Crippen LogP contribution in [0.4, 0.5) is 6.01 Å². The minimum Gasteiger partial charge on any atom is -0.432 e. The molecule has 1 unspecified atom stereocenters. The summed E-state index contributed by atoms with van der Waals surface area (Å²) < 4.78 is 5.16. The molecule has 3 heteroatoms. The zero-order valence-corrected chi connectivity index (χ0v) is 11.5. The van der Waals surface area contributed by atoms with Gasteiger partial charge in [-0.15, -0.1) is 0 Å². The van der Waals surface area contributed by atoms with Crippen molar-refractivity contribution in [2.24, 2.45) is 0 Å². The fourth-order valence-corrected chi connectivity index (χ4v) is 3.26. The highest BCUT2D eigenvalue weighted by atomic mass is 16.4. The molecule has 4 rings (SSSR count). The van der Waals surface area contributed by atoms with Gasteiger partial charge in [0.1, 0.15) is 12.0 Å². The Kier molecular flexibility index (Phi) is 2.78. The molecule has 0 amide bonds. The molecule has 21 heavy (non-hydrogen) atoms. The van der Waals surface area contributed by atoms with Gasteiger partial charge >= 0.3 is 0 Å². The Bertz CT molecular complexity index is 791. The number of aryl methyl sites for hydroxylation is 1. The lowest BCUT2D eigenvalue weighted by molar-refractivity contribution is 0.581. The van der Waals surface area contributed by atoms with E-state index >= 15 is 0 Å². The van der Waals surface area contributed by atoms with Crippen molar-refractivity contribution in [3.05, 3.63) is 71.5 Å². The van der Waals surface area contributed by atoms with Crippen LogP contribution in [0.25, 0.3) is 11.3 Å². The van der Waals surface area contributed by atoms with Gasteiger partial charge in [-0.05, 0) is 41.7 Å². The summed E-state index contributed by atoms with van der Waals surface area (Å²) in [5, 5.41) is 0. The lowest BCUT2D eigenvalue weighted by atomic mass is 9.88. The van der Waals surface area contributed by atoms with Gasteiger partial charge in [0.15, 0.2) is 0 Å². The Balaban J connectivity index is 1.84. The number of oxazole rings is 1. The number of hydrogen-bond acceptors (Lipinski definition) is 3. The first-order chi connectivity index (χ1) is 10.3. The molecule has 3 aromatic rings. The summed E-state index contributed by atoms with van der Waals surface area (Å²) in [5.74, 6) is 0.406. The Morgan fingerprint density at radius 3 is 2.95 bits per heavy atom. The molecule has 1 aliphatic rings. The predicted octanol–water partition coefficient (Wildman–Crippen LogP) is 3.80. The molecule has 0 bridgehead atoms. The van der Waals surface area contributed by atoms with Crippen LogP contribution in [-0.4, -0.2) is 4.98 Å². The highest BCUT2D eigenvalue weighted by Gasteiger charge is 2.26. The summed E-state index contributed by atoms with van der Waals surface area (Å²) in [7, 11) is 0. The van der Waals surface area contributed by atoms with Gasteiger partial charge in [0.05, 0.1) is 0 Å². The number of nitrogens with zero attached hydrogens (tertiary/aromatic N) is 1. The Morgan fingerprint density at radius 2 is 2.10 bits per heavy atom. The molecule has 1 heterocycles. The van der Waals surface area contributed by atoms with E-state index in [4.69, 9.17) is 10.2 Å². The number of nitrogens with two attached hydrogens (primary N) is 1. The van der Waals surface area contributed by atoms with E-state index in [-0.39, 0.29) is 6.01 Å². The minimum absolute atomic E-state index is 0.201. The maximum atomic E-state index is 5.61. The lowest BCUT2D eigenvalue weighted by Crippen LogP contribution is -1.99. The molecular formula is C18H15N2O. The average molecular weight is 275 g/mol. The van der Waals surface area contributed by atoms with E-state index < -0.39 is 0 Å². The summed E-state index contributed by atoms with van der Waals surface area (Å²) >= 11 is 0. The van der Waals surface area contributed by atoms with Gasteiger partial charge < -0.3 is 10.2 Å². The van der Waals surface area contributed by atoms with Crippen LogP contribution in [0.1, 0.15) is 29.0 Å². The highest BCUT2D eigenvalue weighted by molar-refractivity contribution is 5.66. The van der Waals surface area contributed by atoms with E-state index in [1.54, 1.807) is 6.26 Å². The van der Waals surface area contributed by atoms with E-state index in [1.807, 2.05) is 12.1 Å². The smallest absolute Gasteiger partial charge is 0.292 e. The monoisotopic (exact) mass is 275 g/mol. The molecule has 0 fully saturated rings. The first-order valence-corrected chi connectivity index (χ1v) is 7.12. The summed E-state index contributed by atoms with van der Waals surface area (Å²) in [6.07, 6.45) is 3.87. The van der Waals surface area contributed by atoms with Gasteiger partial charge in [-0.2, -0.15) is 4.98 Å². The topological polar surface area (TPSA) is 52.0 Å². The van der Waals surface area contributed by atoms with E-state index in [1.165, 1.54) is 16.7 Å². The summed E-state index contributed by atoms with van der Waals surface area (Å²) in [6.45, 7) is 0. The molecule has 1 aliphatic carbocycles. The van der Waals surface area contributed by atoms with Crippen molar-refractivity contribution in [2.45, 2.75) is 18.8 Å². The van der Waals surface area contributed by atoms with Crippen molar-refractivity contribution in [1.29, 1.82) is 0 Å². The van der Waals surface area contributed by atoms with Crippen molar-refractivity contribution in [3.63, 3.8) is 0 Å².